The van der Waals surface area contributed by atoms with Gasteiger partial charge in [0.1, 0.15) is 30.5 Å². The lowest BCUT2D eigenvalue weighted by Gasteiger charge is -2.14. The minimum atomic E-state index is -0.165. The van der Waals surface area contributed by atoms with Crippen LogP contribution in [0.5, 0.6) is 17.2 Å². The van der Waals surface area contributed by atoms with Crippen LogP contribution in [0.15, 0.2) is 78.9 Å². The second-order valence-electron chi connectivity index (χ2n) is 7.27. The van der Waals surface area contributed by atoms with Crippen LogP contribution in [0, 0.1) is 0 Å². The first-order chi connectivity index (χ1) is 15.6. The van der Waals surface area contributed by atoms with Crippen LogP contribution in [0.3, 0.4) is 0 Å². The Hall–Kier alpha value is -3.67. The molecule has 2 N–H and O–H groups in total. The van der Waals surface area contributed by atoms with E-state index in [1.54, 1.807) is 0 Å². The van der Waals surface area contributed by atoms with E-state index in [0.717, 1.165) is 23.6 Å². The molecule has 168 valence electrons. The zero-order chi connectivity index (χ0) is 22.6. The summed E-state index contributed by atoms with van der Waals surface area (Å²) in [5, 5.41) is 6.01. The molecule has 0 saturated carbocycles. The van der Waals surface area contributed by atoms with E-state index < -0.39 is 0 Å². The standard InChI is InChI=1S/C26H30N2O4/c1-3-20(2)32-23-15-13-21(14-16-23)27-19-26(29)28-24-11-7-8-12-25(24)31-18-17-30-22-9-5-4-6-10-22/h4-16,20,27H,3,17-19H2,1-2H3,(H,28,29). The van der Waals surface area contributed by atoms with Crippen LogP contribution >= 0.6 is 0 Å². The first-order valence-electron chi connectivity index (χ1n) is 10.8. The van der Waals surface area contributed by atoms with Gasteiger partial charge in [-0.15, -0.1) is 0 Å². The zero-order valence-electron chi connectivity index (χ0n) is 18.5. The Balaban J connectivity index is 1.44. The molecule has 0 radical (unpaired) electrons. The quantitative estimate of drug-likeness (QED) is 0.375. The van der Waals surface area contributed by atoms with E-state index in [9.17, 15) is 4.79 Å². The number of amides is 1. The van der Waals surface area contributed by atoms with Crippen molar-refractivity contribution in [3.05, 3.63) is 78.9 Å². The minimum absolute atomic E-state index is 0.136. The number of para-hydroxylation sites is 3. The summed E-state index contributed by atoms with van der Waals surface area (Å²) in [5.41, 5.74) is 1.47. The highest BCUT2D eigenvalue weighted by Gasteiger charge is 2.08. The van der Waals surface area contributed by atoms with Crippen molar-refractivity contribution in [1.29, 1.82) is 0 Å². The molecule has 3 aromatic rings. The molecule has 0 bridgehead atoms. The first-order valence-corrected chi connectivity index (χ1v) is 10.8. The molecule has 0 aliphatic carbocycles. The van der Waals surface area contributed by atoms with E-state index in [1.165, 1.54) is 0 Å². The number of anilines is 2. The Kier molecular flexibility index (Phi) is 8.80. The van der Waals surface area contributed by atoms with Gasteiger partial charge < -0.3 is 24.8 Å². The summed E-state index contributed by atoms with van der Waals surface area (Å²) in [4.78, 5) is 12.4. The predicted molar refractivity (Wildman–Crippen MR) is 128 cm³/mol. The lowest BCUT2D eigenvalue weighted by molar-refractivity contribution is -0.114. The lowest BCUT2D eigenvalue weighted by Crippen LogP contribution is -2.22. The minimum Gasteiger partial charge on any atom is -0.491 e. The van der Waals surface area contributed by atoms with Crippen LogP contribution in [-0.2, 0) is 4.79 Å². The molecule has 3 aromatic carbocycles. The number of ether oxygens (including phenoxy) is 3. The van der Waals surface area contributed by atoms with Crippen LogP contribution in [-0.4, -0.2) is 31.8 Å². The summed E-state index contributed by atoms with van der Waals surface area (Å²) in [6.07, 6.45) is 1.12. The third kappa shape index (κ3) is 7.54. The molecule has 0 heterocycles. The average Bonchev–Trinajstić information content (AvgIpc) is 2.83. The van der Waals surface area contributed by atoms with Crippen molar-refractivity contribution in [3.8, 4) is 17.2 Å². The molecular formula is C26H30N2O4. The molecule has 0 aliphatic heterocycles. The summed E-state index contributed by atoms with van der Waals surface area (Å²) >= 11 is 0. The Labute approximate surface area is 189 Å². The fourth-order valence-corrected chi connectivity index (χ4v) is 2.87. The average molecular weight is 435 g/mol. The summed E-state index contributed by atoms with van der Waals surface area (Å²) in [6.45, 7) is 5.03. The van der Waals surface area contributed by atoms with Gasteiger partial charge in [0, 0.05) is 5.69 Å². The Morgan fingerprint density at radius 3 is 2.28 bits per heavy atom. The largest absolute Gasteiger partial charge is 0.491 e. The van der Waals surface area contributed by atoms with Crippen LogP contribution in [0.4, 0.5) is 11.4 Å². The Morgan fingerprint density at radius 1 is 0.844 bits per heavy atom. The maximum atomic E-state index is 12.4. The number of benzene rings is 3. The molecule has 0 aromatic heterocycles. The van der Waals surface area contributed by atoms with Gasteiger partial charge in [-0.3, -0.25) is 4.79 Å². The van der Waals surface area contributed by atoms with Crippen molar-refractivity contribution in [2.45, 2.75) is 26.4 Å². The van der Waals surface area contributed by atoms with E-state index in [-0.39, 0.29) is 18.6 Å². The van der Waals surface area contributed by atoms with Crippen molar-refractivity contribution in [3.63, 3.8) is 0 Å². The second-order valence-corrected chi connectivity index (χ2v) is 7.27. The van der Waals surface area contributed by atoms with Gasteiger partial charge in [-0.1, -0.05) is 37.3 Å². The fourth-order valence-electron chi connectivity index (χ4n) is 2.87. The topological polar surface area (TPSA) is 68.8 Å². The molecule has 6 heteroatoms. The smallest absolute Gasteiger partial charge is 0.243 e. The van der Waals surface area contributed by atoms with Gasteiger partial charge in [0.05, 0.1) is 18.3 Å². The van der Waals surface area contributed by atoms with Crippen molar-refractivity contribution < 1.29 is 19.0 Å². The van der Waals surface area contributed by atoms with Gasteiger partial charge in [-0.05, 0) is 61.9 Å². The van der Waals surface area contributed by atoms with Gasteiger partial charge in [-0.2, -0.15) is 0 Å². The lowest BCUT2D eigenvalue weighted by atomic mass is 10.2. The maximum absolute atomic E-state index is 12.4. The highest BCUT2D eigenvalue weighted by molar-refractivity contribution is 5.95. The first kappa shape index (κ1) is 23.0. The van der Waals surface area contributed by atoms with Gasteiger partial charge in [0.25, 0.3) is 0 Å². The molecule has 0 saturated heterocycles. The van der Waals surface area contributed by atoms with Crippen molar-refractivity contribution >= 4 is 17.3 Å². The highest BCUT2D eigenvalue weighted by Crippen LogP contribution is 2.24. The number of hydrogen-bond donors (Lipinski definition) is 2. The molecule has 1 unspecified atom stereocenters. The molecule has 6 nitrogen and oxygen atoms in total. The van der Waals surface area contributed by atoms with Crippen molar-refractivity contribution in [2.24, 2.45) is 0 Å². The van der Waals surface area contributed by atoms with E-state index in [0.29, 0.717) is 24.7 Å². The summed E-state index contributed by atoms with van der Waals surface area (Å²) in [5.74, 6) is 2.05. The Morgan fingerprint density at radius 2 is 1.53 bits per heavy atom. The van der Waals surface area contributed by atoms with E-state index in [2.05, 4.69) is 17.6 Å². The molecule has 0 spiro atoms. The third-order valence-corrected chi connectivity index (χ3v) is 4.73. The molecule has 3 rings (SSSR count). The van der Waals surface area contributed by atoms with E-state index >= 15 is 0 Å². The molecular weight excluding hydrogens is 404 g/mol. The van der Waals surface area contributed by atoms with Crippen LogP contribution in [0.1, 0.15) is 20.3 Å². The SMILES string of the molecule is CCC(C)Oc1ccc(NCC(=O)Nc2ccccc2OCCOc2ccccc2)cc1. The predicted octanol–water partition coefficient (Wildman–Crippen LogP) is 5.37. The molecule has 32 heavy (non-hydrogen) atoms. The number of hydrogen-bond acceptors (Lipinski definition) is 5. The van der Waals surface area contributed by atoms with Gasteiger partial charge >= 0.3 is 0 Å². The monoisotopic (exact) mass is 434 g/mol. The molecule has 1 amide bonds. The van der Waals surface area contributed by atoms with Crippen LogP contribution < -0.4 is 24.8 Å². The number of carbonyl (C=O) groups excluding carboxylic acids is 1. The molecule has 0 aliphatic rings. The third-order valence-electron chi connectivity index (χ3n) is 4.73. The number of carbonyl (C=O) groups is 1. The zero-order valence-corrected chi connectivity index (χ0v) is 18.5. The highest BCUT2D eigenvalue weighted by atomic mass is 16.5. The summed E-state index contributed by atoms with van der Waals surface area (Å²) < 4.78 is 17.2. The van der Waals surface area contributed by atoms with Gasteiger partial charge in [0.2, 0.25) is 5.91 Å². The molecule has 1 atom stereocenters. The second kappa shape index (κ2) is 12.2. The maximum Gasteiger partial charge on any atom is 0.243 e. The van der Waals surface area contributed by atoms with Crippen LogP contribution in [0.2, 0.25) is 0 Å². The fraction of sp³-hybridized carbons (Fsp3) is 0.269. The molecule has 0 fully saturated rings. The van der Waals surface area contributed by atoms with Crippen molar-refractivity contribution in [2.75, 3.05) is 30.4 Å². The van der Waals surface area contributed by atoms with Crippen LogP contribution in [0.25, 0.3) is 0 Å². The summed E-state index contributed by atoms with van der Waals surface area (Å²) in [6, 6.07) is 24.5. The van der Waals surface area contributed by atoms with Gasteiger partial charge in [0.15, 0.2) is 0 Å². The van der Waals surface area contributed by atoms with Crippen molar-refractivity contribution in [1.82, 2.24) is 0 Å². The summed E-state index contributed by atoms with van der Waals surface area (Å²) in [7, 11) is 0. The Bertz CT molecular complexity index is 961. The van der Waals surface area contributed by atoms with E-state index in [4.69, 9.17) is 14.2 Å². The van der Waals surface area contributed by atoms with E-state index in [1.807, 2.05) is 85.8 Å². The number of rotatable bonds is 12. The number of nitrogens with one attached hydrogen (secondary N) is 2. The normalized spacial score (nSPS) is 11.3. The van der Waals surface area contributed by atoms with Gasteiger partial charge in [-0.25, -0.2) is 0 Å².